The number of amides is 1. The molecule has 0 spiro atoms. The molecular weight excluding hydrogens is 472 g/mol. The van der Waals surface area contributed by atoms with Gasteiger partial charge in [-0.25, -0.2) is 9.78 Å². The SMILES string of the molecule is Cc1cc(C(=O)N[C@@H](Cc2ccc(O)cc2)C(=O)O)nc(Oc2cccc(-c3cccc(CN)c3)c2)n1. The lowest BCUT2D eigenvalue weighted by atomic mass is 10.0. The van der Waals surface area contributed by atoms with Crippen molar-refractivity contribution in [1.29, 1.82) is 0 Å². The second-order valence-corrected chi connectivity index (χ2v) is 8.45. The van der Waals surface area contributed by atoms with Crippen LogP contribution in [0, 0.1) is 6.92 Å². The summed E-state index contributed by atoms with van der Waals surface area (Å²) in [5, 5.41) is 21.5. The Kier molecular flexibility index (Phi) is 7.75. The summed E-state index contributed by atoms with van der Waals surface area (Å²) in [6.07, 6.45) is 0.0346. The van der Waals surface area contributed by atoms with Gasteiger partial charge in [0.25, 0.3) is 5.91 Å². The number of benzene rings is 3. The molecule has 1 heterocycles. The molecule has 1 atom stereocenters. The number of phenols is 1. The van der Waals surface area contributed by atoms with Gasteiger partial charge in [-0.05, 0) is 65.6 Å². The zero-order chi connectivity index (χ0) is 26.4. The fourth-order valence-corrected chi connectivity index (χ4v) is 3.73. The van der Waals surface area contributed by atoms with E-state index in [9.17, 15) is 19.8 Å². The van der Waals surface area contributed by atoms with Gasteiger partial charge in [0.1, 0.15) is 23.2 Å². The molecular formula is C28H26N4O5. The number of phenolic OH excluding ortho intramolecular Hbond substituents is 1. The van der Waals surface area contributed by atoms with E-state index in [-0.39, 0.29) is 23.9 Å². The molecule has 3 aromatic carbocycles. The highest BCUT2D eigenvalue weighted by molar-refractivity contribution is 5.95. The van der Waals surface area contributed by atoms with Crippen molar-refractivity contribution in [1.82, 2.24) is 15.3 Å². The number of aryl methyl sites for hydroxylation is 1. The number of aliphatic carboxylic acids is 1. The van der Waals surface area contributed by atoms with Crippen LogP contribution < -0.4 is 15.8 Å². The Morgan fingerprint density at radius 1 is 0.946 bits per heavy atom. The molecule has 4 rings (SSSR count). The molecule has 37 heavy (non-hydrogen) atoms. The third kappa shape index (κ3) is 6.68. The highest BCUT2D eigenvalue weighted by Crippen LogP contribution is 2.27. The average molecular weight is 499 g/mol. The Balaban J connectivity index is 1.51. The summed E-state index contributed by atoms with van der Waals surface area (Å²) in [6.45, 7) is 2.12. The fourth-order valence-electron chi connectivity index (χ4n) is 3.73. The number of ether oxygens (including phenoxy) is 1. The monoisotopic (exact) mass is 498 g/mol. The van der Waals surface area contributed by atoms with Gasteiger partial charge in [0, 0.05) is 18.7 Å². The molecule has 1 amide bonds. The van der Waals surface area contributed by atoms with E-state index in [0.717, 1.165) is 16.7 Å². The number of carbonyl (C=O) groups is 2. The van der Waals surface area contributed by atoms with Crippen molar-refractivity contribution in [2.75, 3.05) is 0 Å². The maximum atomic E-state index is 12.9. The molecule has 1 aromatic heterocycles. The minimum absolute atomic E-state index is 0.0220. The van der Waals surface area contributed by atoms with Crippen molar-refractivity contribution < 1.29 is 24.5 Å². The Labute approximate surface area is 213 Å². The van der Waals surface area contributed by atoms with E-state index in [1.54, 1.807) is 25.1 Å². The number of nitrogens with one attached hydrogen (secondary N) is 1. The molecule has 0 saturated heterocycles. The van der Waals surface area contributed by atoms with Gasteiger partial charge in [0.2, 0.25) is 0 Å². The highest BCUT2D eigenvalue weighted by Gasteiger charge is 2.23. The number of carbonyl (C=O) groups excluding carboxylic acids is 1. The third-order valence-corrected chi connectivity index (χ3v) is 5.59. The van der Waals surface area contributed by atoms with Gasteiger partial charge in [-0.3, -0.25) is 4.79 Å². The van der Waals surface area contributed by atoms with E-state index in [2.05, 4.69) is 15.3 Å². The summed E-state index contributed by atoms with van der Waals surface area (Å²) in [6, 6.07) is 21.6. The average Bonchev–Trinajstić information content (AvgIpc) is 2.89. The summed E-state index contributed by atoms with van der Waals surface area (Å²) in [5.74, 6) is -1.32. The Morgan fingerprint density at radius 2 is 1.65 bits per heavy atom. The Morgan fingerprint density at radius 3 is 2.35 bits per heavy atom. The molecule has 0 bridgehead atoms. The van der Waals surface area contributed by atoms with E-state index in [1.165, 1.54) is 18.2 Å². The normalized spacial score (nSPS) is 11.5. The zero-order valence-electron chi connectivity index (χ0n) is 20.1. The maximum absolute atomic E-state index is 12.9. The topological polar surface area (TPSA) is 148 Å². The molecule has 0 aliphatic heterocycles. The van der Waals surface area contributed by atoms with Crippen molar-refractivity contribution in [3.63, 3.8) is 0 Å². The second-order valence-electron chi connectivity index (χ2n) is 8.45. The van der Waals surface area contributed by atoms with Gasteiger partial charge in [-0.15, -0.1) is 0 Å². The molecule has 0 radical (unpaired) electrons. The Hall–Kier alpha value is -4.76. The summed E-state index contributed by atoms with van der Waals surface area (Å²) in [4.78, 5) is 33.1. The molecule has 0 aliphatic carbocycles. The van der Waals surface area contributed by atoms with Crippen molar-refractivity contribution in [2.45, 2.75) is 25.9 Å². The van der Waals surface area contributed by atoms with Gasteiger partial charge < -0.3 is 26.0 Å². The van der Waals surface area contributed by atoms with Gasteiger partial charge in [-0.1, -0.05) is 42.5 Å². The first-order valence-corrected chi connectivity index (χ1v) is 11.6. The minimum atomic E-state index is -1.20. The first-order valence-electron chi connectivity index (χ1n) is 11.6. The van der Waals surface area contributed by atoms with Crippen LogP contribution in [0.2, 0.25) is 0 Å². The van der Waals surface area contributed by atoms with Gasteiger partial charge in [0.15, 0.2) is 0 Å². The maximum Gasteiger partial charge on any atom is 0.326 e. The summed E-state index contributed by atoms with van der Waals surface area (Å²) < 4.78 is 5.86. The van der Waals surface area contributed by atoms with E-state index >= 15 is 0 Å². The standard InChI is InChI=1S/C28H26N4O5/c1-17-12-24(26(34)31-25(27(35)36)14-18-8-10-22(33)11-9-18)32-28(30-17)37-23-7-3-6-21(15-23)20-5-2-4-19(13-20)16-29/h2-13,15,25,33H,14,16,29H2,1H3,(H,31,34)(H,35,36)/t25-/m0/s1. The molecule has 4 aromatic rings. The number of hydrogen-bond acceptors (Lipinski definition) is 7. The molecule has 9 nitrogen and oxygen atoms in total. The van der Waals surface area contributed by atoms with Crippen LogP contribution >= 0.6 is 0 Å². The van der Waals surface area contributed by atoms with E-state index in [0.29, 0.717) is 23.6 Å². The molecule has 0 unspecified atom stereocenters. The smallest absolute Gasteiger partial charge is 0.326 e. The van der Waals surface area contributed by atoms with Crippen LogP contribution in [0.1, 0.15) is 27.3 Å². The first kappa shape index (κ1) is 25.3. The van der Waals surface area contributed by atoms with Gasteiger partial charge in [0.05, 0.1) is 0 Å². The predicted octanol–water partition coefficient (Wildman–Crippen LogP) is 3.83. The first-order chi connectivity index (χ1) is 17.8. The number of aromatic nitrogens is 2. The van der Waals surface area contributed by atoms with Crippen LogP contribution in [0.5, 0.6) is 17.5 Å². The number of nitrogens with zero attached hydrogens (tertiary/aromatic N) is 2. The lowest BCUT2D eigenvalue weighted by Gasteiger charge is -2.15. The number of rotatable bonds is 9. The number of hydrogen-bond donors (Lipinski definition) is 4. The number of nitrogens with two attached hydrogens (primary N) is 1. The molecule has 0 fully saturated rings. The van der Waals surface area contributed by atoms with Crippen molar-refractivity contribution in [3.8, 4) is 28.6 Å². The summed E-state index contributed by atoms with van der Waals surface area (Å²) >= 11 is 0. The fraction of sp³-hybridized carbons (Fsp3) is 0.143. The number of carboxylic acid groups (broad SMARTS) is 1. The van der Waals surface area contributed by atoms with Crippen molar-refractivity contribution in [2.24, 2.45) is 5.73 Å². The zero-order valence-corrected chi connectivity index (χ0v) is 20.1. The summed E-state index contributed by atoms with van der Waals surface area (Å²) in [5.41, 5.74) is 9.76. The largest absolute Gasteiger partial charge is 0.508 e. The lowest BCUT2D eigenvalue weighted by Crippen LogP contribution is -2.42. The van der Waals surface area contributed by atoms with Crippen molar-refractivity contribution in [3.05, 3.63) is 101 Å². The number of aromatic hydroxyl groups is 1. The van der Waals surface area contributed by atoms with Crippen LogP contribution in [0.15, 0.2) is 78.9 Å². The number of carboxylic acids is 1. The van der Waals surface area contributed by atoms with E-state index < -0.39 is 17.9 Å². The molecule has 5 N–H and O–H groups in total. The second kappa shape index (κ2) is 11.3. The molecule has 9 heteroatoms. The van der Waals surface area contributed by atoms with Crippen LogP contribution in [0.25, 0.3) is 11.1 Å². The Bertz CT molecular complexity index is 1420. The van der Waals surface area contributed by atoms with E-state index in [1.807, 2.05) is 42.5 Å². The third-order valence-electron chi connectivity index (χ3n) is 5.59. The molecule has 0 aliphatic rings. The van der Waals surface area contributed by atoms with Gasteiger partial charge >= 0.3 is 12.0 Å². The van der Waals surface area contributed by atoms with Crippen LogP contribution in [-0.2, 0) is 17.8 Å². The van der Waals surface area contributed by atoms with Gasteiger partial charge in [-0.2, -0.15) is 4.98 Å². The molecule has 0 saturated carbocycles. The van der Waals surface area contributed by atoms with Crippen LogP contribution in [0.3, 0.4) is 0 Å². The van der Waals surface area contributed by atoms with E-state index in [4.69, 9.17) is 10.5 Å². The minimum Gasteiger partial charge on any atom is -0.508 e. The van der Waals surface area contributed by atoms with Crippen LogP contribution in [0.4, 0.5) is 0 Å². The highest BCUT2D eigenvalue weighted by atomic mass is 16.5. The van der Waals surface area contributed by atoms with Crippen molar-refractivity contribution >= 4 is 11.9 Å². The summed E-state index contributed by atoms with van der Waals surface area (Å²) in [7, 11) is 0. The van der Waals surface area contributed by atoms with Crippen LogP contribution in [-0.4, -0.2) is 38.1 Å². The quantitative estimate of drug-likeness (QED) is 0.272. The molecule has 188 valence electrons. The predicted molar refractivity (Wildman–Crippen MR) is 137 cm³/mol. The lowest BCUT2D eigenvalue weighted by molar-refractivity contribution is -0.139.